The van der Waals surface area contributed by atoms with E-state index in [2.05, 4.69) is 9.97 Å². The Morgan fingerprint density at radius 3 is 2.33 bits per heavy atom. The molecule has 2 aromatic carbocycles. The van der Waals surface area contributed by atoms with Crippen molar-refractivity contribution in [2.45, 2.75) is 37.7 Å². The van der Waals surface area contributed by atoms with E-state index in [0.29, 0.717) is 46.9 Å². The van der Waals surface area contributed by atoms with Gasteiger partial charge in [0.25, 0.3) is 11.5 Å². The third-order valence-corrected chi connectivity index (χ3v) is 6.69. The number of nitrogens with one attached hydrogen (secondary N) is 1. The van der Waals surface area contributed by atoms with E-state index in [4.69, 9.17) is 0 Å². The van der Waals surface area contributed by atoms with Gasteiger partial charge >= 0.3 is 12.4 Å². The van der Waals surface area contributed by atoms with Crippen molar-refractivity contribution in [2.24, 2.45) is 0 Å². The number of alkyl halides is 6. The molecule has 0 unspecified atom stereocenters. The summed E-state index contributed by atoms with van der Waals surface area (Å²) in [5.74, 6) is -0.244. The number of rotatable bonds is 7. The number of hydrogen-bond acceptors (Lipinski definition) is 3. The molecule has 4 aromatic rings. The fraction of sp³-hybridized carbons (Fsp3) is 0.286. The third kappa shape index (κ3) is 5.49. The number of aryl methyl sites for hydroxylation is 1. The minimum Gasteiger partial charge on any atom is -0.369 e. The van der Waals surface area contributed by atoms with Gasteiger partial charge in [-0.3, -0.25) is 9.78 Å². The van der Waals surface area contributed by atoms with Crippen LogP contribution in [0.4, 0.5) is 26.3 Å². The van der Waals surface area contributed by atoms with E-state index in [1.165, 1.54) is 0 Å². The molecular weight excluding hydrogens is 524 g/mol. The number of pyridine rings is 1. The Kier molecular flexibility index (Phi) is 7.48. The summed E-state index contributed by atoms with van der Waals surface area (Å²) in [6.45, 7) is 2.07. The second-order valence-corrected chi connectivity index (χ2v) is 9.37. The van der Waals surface area contributed by atoms with Gasteiger partial charge in [-0.25, -0.2) is 0 Å². The predicted octanol–water partition coefficient (Wildman–Crippen LogP) is 6.09. The minimum atomic E-state index is -5.98. The first kappa shape index (κ1) is 28.2. The van der Waals surface area contributed by atoms with Crippen molar-refractivity contribution in [1.29, 1.82) is 0 Å². The van der Waals surface area contributed by atoms with Crippen LogP contribution in [0.2, 0.25) is 0 Å². The highest BCUT2D eigenvalue weighted by atomic mass is 19.4. The zero-order valence-corrected chi connectivity index (χ0v) is 21.0. The largest absolute Gasteiger partial charge is 0.430 e. The number of likely N-dealkylation sites (N-methyl/N-ethyl adjacent to an activating group) is 1. The average molecular weight is 550 g/mol. The maximum atomic E-state index is 13.5. The van der Waals surface area contributed by atoms with Gasteiger partial charge < -0.3 is 15.0 Å². The maximum Gasteiger partial charge on any atom is 0.430 e. The Morgan fingerprint density at radius 1 is 0.974 bits per heavy atom. The predicted molar refractivity (Wildman–Crippen MR) is 133 cm³/mol. The number of H-pyrrole nitrogens is 1. The molecule has 0 aliphatic heterocycles. The van der Waals surface area contributed by atoms with E-state index < -0.39 is 23.5 Å². The lowest BCUT2D eigenvalue weighted by molar-refractivity contribution is -0.376. The third-order valence-electron chi connectivity index (χ3n) is 6.69. The van der Waals surface area contributed by atoms with Gasteiger partial charge in [-0.15, -0.1) is 0 Å². The summed E-state index contributed by atoms with van der Waals surface area (Å²) in [5, 5.41) is 9.97. The molecule has 2 N–H and O–H groups in total. The number of hydrogen-bond donors (Lipinski definition) is 2. The first-order valence-electron chi connectivity index (χ1n) is 11.9. The van der Waals surface area contributed by atoms with E-state index in [1.54, 1.807) is 55.4 Å². The van der Waals surface area contributed by atoms with E-state index in [9.17, 15) is 36.2 Å². The zero-order chi connectivity index (χ0) is 28.6. The Hall–Kier alpha value is -3.86. The number of aliphatic hydroxyl groups is 1. The highest BCUT2D eigenvalue weighted by Crippen LogP contribution is 2.50. The fourth-order valence-corrected chi connectivity index (χ4v) is 4.49. The van der Waals surface area contributed by atoms with Crippen molar-refractivity contribution in [3.8, 4) is 0 Å². The zero-order valence-electron chi connectivity index (χ0n) is 21.0. The fourth-order valence-electron chi connectivity index (χ4n) is 4.49. The Bertz CT molecular complexity index is 1460. The molecule has 1 amide bonds. The second-order valence-electron chi connectivity index (χ2n) is 9.37. The van der Waals surface area contributed by atoms with Crippen LogP contribution >= 0.6 is 0 Å². The first-order valence-corrected chi connectivity index (χ1v) is 11.9. The summed E-state index contributed by atoms with van der Waals surface area (Å²) in [5.41, 5.74) is -3.19. The maximum absolute atomic E-state index is 13.5. The second kappa shape index (κ2) is 10.4. The molecule has 4 rings (SSSR count). The lowest BCUT2D eigenvalue weighted by atomic mass is 9.90. The molecule has 2 heterocycles. The SMILES string of the molecule is Cc1[nH]c2ccc(C(O)(C(F)(F)F)C(F)(F)F)cc2c1Cc1cccc(C(=O)N(C)CCc2ccccn2)c1. The molecule has 0 aliphatic rings. The summed E-state index contributed by atoms with van der Waals surface area (Å²) in [6, 6.07) is 14.6. The minimum absolute atomic E-state index is 0.112. The summed E-state index contributed by atoms with van der Waals surface area (Å²) < 4.78 is 80.7. The number of fused-ring (bicyclic) bond motifs is 1. The standard InChI is InChI=1S/C28H25F6N3O2/c1-17-22(23-16-20(9-10-24(23)36-17)26(39,27(29,30)31)28(32,33)34)15-18-6-5-7-19(14-18)25(38)37(2)13-11-21-8-3-4-12-35-21/h3-10,12,14,16,36,39H,11,13,15H2,1-2H3. The highest BCUT2D eigenvalue weighted by Gasteiger charge is 2.71. The van der Waals surface area contributed by atoms with Crippen LogP contribution in [0, 0.1) is 6.92 Å². The Morgan fingerprint density at radius 2 is 1.69 bits per heavy atom. The molecule has 0 bridgehead atoms. The number of halogens is 6. The number of aromatic nitrogens is 2. The Labute approximate surface area is 220 Å². The number of amides is 1. The van der Waals surface area contributed by atoms with Crippen molar-refractivity contribution < 1.29 is 36.2 Å². The van der Waals surface area contributed by atoms with Gasteiger partial charge in [-0.05, 0) is 60.9 Å². The van der Waals surface area contributed by atoms with Crippen LogP contribution in [0.3, 0.4) is 0 Å². The molecular formula is C28H25F6N3O2. The summed E-state index contributed by atoms with van der Waals surface area (Å²) in [6.07, 6.45) is -9.61. The van der Waals surface area contributed by atoms with Crippen molar-refractivity contribution in [2.75, 3.05) is 13.6 Å². The van der Waals surface area contributed by atoms with E-state index in [-0.39, 0.29) is 17.7 Å². The topological polar surface area (TPSA) is 69.2 Å². The molecule has 11 heteroatoms. The van der Waals surface area contributed by atoms with Crippen LogP contribution in [0.15, 0.2) is 66.9 Å². The monoisotopic (exact) mass is 549 g/mol. The molecule has 0 spiro atoms. The number of aromatic amines is 1. The Balaban J connectivity index is 1.62. The highest BCUT2D eigenvalue weighted by molar-refractivity contribution is 5.94. The number of carbonyl (C=O) groups excluding carboxylic acids is 1. The van der Waals surface area contributed by atoms with Gasteiger partial charge in [-0.2, -0.15) is 26.3 Å². The molecule has 39 heavy (non-hydrogen) atoms. The van der Waals surface area contributed by atoms with Crippen molar-refractivity contribution in [1.82, 2.24) is 14.9 Å². The van der Waals surface area contributed by atoms with Crippen LogP contribution in [-0.2, 0) is 18.4 Å². The van der Waals surface area contributed by atoms with Gasteiger partial charge in [0, 0.05) is 59.6 Å². The van der Waals surface area contributed by atoms with E-state index in [0.717, 1.165) is 17.8 Å². The molecule has 0 radical (unpaired) electrons. The quantitative estimate of drug-likeness (QED) is 0.274. The number of carbonyl (C=O) groups is 1. The lowest BCUT2D eigenvalue weighted by Crippen LogP contribution is -2.53. The molecule has 0 fully saturated rings. The van der Waals surface area contributed by atoms with E-state index in [1.807, 2.05) is 12.1 Å². The molecule has 0 aliphatic carbocycles. The van der Waals surface area contributed by atoms with Crippen LogP contribution in [0.25, 0.3) is 10.9 Å². The van der Waals surface area contributed by atoms with Crippen molar-refractivity contribution >= 4 is 16.8 Å². The van der Waals surface area contributed by atoms with Gasteiger partial charge in [0.15, 0.2) is 0 Å². The molecule has 0 saturated carbocycles. The summed E-state index contributed by atoms with van der Waals surface area (Å²) in [4.78, 5) is 21.8. The van der Waals surface area contributed by atoms with Crippen LogP contribution in [-0.4, -0.2) is 51.8 Å². The summed E-state index contributed by atoms with van der Waals surface area (Å²) in [7, 11) is 1.66. The van der Waals surface area contributed by atoms with Gasteiger partial charge in [-0.1, -0.05) is 24.3 Å². The van der Waals surface area contributed by atoms with Crippen molar-refractivity contribution in [3.63, 3.8) is 0 Å². The average Bonchev–Trinajstić information content (AvgIpc) is 3.19. The van der Waals surface area contributed by atoms with Gasteiger partial charge in [0.05, 0.1) is 0 Å². The number of benzene rings is 2. The van der Waals surface area contributed by atoms with Crippen LogP contribution < -0.4 is 0 Å². The van der Waals surface area contributed by atoms with Crippen molar-refractivity contribution in [3.05, 3.63) is 101 Å². The molecule has 0 saturated heterocycles. The van der Waals surface area contributed by atoms with Crippen LogP contribution in [0.1, 0.15) is 38.4 Å². The molecule has 206 valence electrons. The number of nitrogens with zero attached hydrogens (tertiary/aromatic N) is 2. The molecule has 0 atom stereocenters. The molecule has 5 nitrogen and oxygen atoms in total. The van der Waals surface area contributed by atoms with E-state index >= 15 is 0 Å². The van der Waals surface area contributed by atoms with Crippen LogP contribution in [0.5, 0.6) is 0 Å². The summed E-state index contributed by atoms with van der Waals surface area (Å²) >= 11 is 0. The van der Waals surface area contributed by atoms with Gasteiger partial charge in [0.2, 0.25) is 0 Å². The smallest absolute Gasteiger partial charge is 0.369 e. The first-order chi connectivity index (χ1) is 18.2. The lowest BCUT2D eigenvalue weighted by Gasteiger charge is -2.32. The normalized spacial score (nSPS) is 12.6. The molecule has 2 aromatic heterocycles. The van der Waals surface area contributed by atoms with Gasteiger partial charge in [0.1, 0.15) is 0 Å².